The molecule has 1 N–H and O–H groups in total. The quantitative estimate of drug-likeness (QED) is 0.328. The van der Waals surface area contributed by atoms with Crippen LogP contribution in [0, 0.1) is 17.3 Å². The minimum absolute atomic E-state index is 0.00615. The third-order valence-electron chi connectivity index (χ3n) is 6.23. The van der Waals surface area contributed by atoms with Gasteiger partial charge in [-0.1, -0.05) is 57.2 Å². The molecule has 1 aliphatic carbocycles. The number of alkyl carbamates (subject to hydrolysis) is 1. The molecule has 186 valence electrons. The van der Waals surface area contributed by atoms with Crippen molar-refractivity contribution in [3.05, 3.63) is 47.5 Å². The van der Waals surface area contributed by atoms with E-state index in [0.717, 1.165) is 32.6 Å². The van der Waals surface area contributed by atoms with Crippen LogP contribution in [0.15, 0.2) is 42.0 Å². The van der Waals surface area contributed by atoms with Crippen molar-refractivity contribution in [1.29, 1.82) is 0 Å². The Bertz CT molecular complexity index is 885. The molecule has 2 atom stereocenters. The third-order valence-corrected chi connectivity index (χ3v) is 6.23. The summed E-state index contributed by atoms with van der Waals surface area (Å²) in [5, 5.41) is 2.51. The van der Waals surface area contributed by atoms with Crippen molar-refractivity contribution < 1.29 is 33.4 Å². The van der Waals surface area contributed by atoms with Crippen LogP contribution < -0.4 is 5.32 Å². The van der Waals surface area contributed by atoms with Crippen LogP contribution >= 0.6 is 0 Å². The smallest absolute Gasteiger partial charge is 0.407 e. The van der Waals surface area contributed by atoms with Crippen molar-refractivity contribution in [2.75, 3.05) is 14.2 Å². The summed E-state index contributed by atoms with van der Waals surface area (Å²) in [6, 6.07) is 7.86. The average molecular weight is 474 g/mol. The van der Waals surface area contributed by atoms with Crippen LogP contribution in [-0.2, 0) is 35.2 Å². The number of ether oxygens (including phenoxy) is 3. The molecule has 1 aromatic rings. The lowest BCUT2D eigenvalue weighted by Gasteiger charge is -2.33. The predicted octanol–water partition coefficient (Wildman–Crippen LogP) is 3.98. The zero-order valence-electron chi connectivity index (χ0n) is 20.6. The minimum atomic E-state index is -1.50. The second-order valence-corrected chi connectivity index (χ2v) is 9.53. The van der Waals surface area contributed by atoms with Crippen molar-refractivity contribution in [2.45, 2.75) is 59.1 Å². The van der Waals surface area contributed by atoms with Crippen LogP contribution in [0.1, 0.15) is 52.0 Å². The van der Waals surface area contributed by atoms with Crippen LogP contribution in [0.5, 0.6) is 0 Å². The van der Waals surface area contributed by atoms with Crippen LogP contribution in [0.25, 0.3) is 0 Å². The Morgan fingerprint density at radius 1 is 1.03 bits per heavy atom. The normalized spacial score (nSPS) is 16.8. The number of carbonyl (C=O) groups excluding carboxylic acids is 4. The summed E-state index contributed by atoms with van der Waals surface area (Å²) >= 11 is 0. The summed E-state index contributed by atoms with van der Waals surface area (Å²) in [5.74, 6) is -3.09. The van der Waals surface area contributed by atoms with E-state index in [1.54, 1.807) is 12.1 Å². The number of ketones is 1. The SMILES string of the molecule is COC(=O)C(C(=O)OC)C(CC(=O)C1=CCC(C(C)(C)C)CC1)NC(=O)OCc1ccccc1. The Hall–Kier alpha value is -3.16. The minimum Gasteiger partial charge on any atom is -0.468 e. The Morgan fingerprint density at radius 2 is 1.65 bits per heavy atom. The number of amides is 1. The highest BCUT2D eigenvalue weighted by atomic mass is 16.6. The first-order valence-electron chi connectivity index (χ1n) is 11.4. The summed E-state index contributed by atoms with van der Waals surface area (Å²) in [5.41, 5.74) is 1.54. The zero-order chi connectivity index (χ0) is 25.3. The standard InChI is InChI=1S/C26H35NO7/c1-26(2,3)19-13-11-18(12-14-19)21(28)15-20(22(23(29)32-4)24(30)33-5)27-25(31)34-16-17-9-7-6-8-10-17/h6-11,19-20,22H,12-16H2,1-5H3,(H,27,31). The first-order chi connectivity index (χ1) is 16.1. The summed E-state index contributed by atoms with van der Waals surface area (Å²) in [4.78, 5) is 50.4. The van der Waals surface area contributed by atoms with Gasteiger partial charge in [-0.15, -0.1) is 0 Å². The Labute approximate surface area is 201 Å². The lowest BCUT2D eigenvalue weighted by atomic mass is 9.72. The molecule has 0 aromatic heterocycles. The highest BCUT2D eigenvalue weighted by Crippen LogP contribution is 2.37. The molecular weight excluding hydrogens is 438 g/mol. The molecule has 8 heteroatoms. The first kappa shape index (κ1) is 27.1. The number of allylic oxidation sites excluding steroid dienone is 2. The van der Waals surface area contributed by atoms with Crippen molar-refractivity contribution >= 4 is 23.8 Å². The Balaban J connectivity index is 2.16. The fourth-order valence-corrected chi connectivity index (χ4v) is 4.05. The number of rotatable bonds is 9. The topological polar surface area (TPSA) is 108 Å². The van der Waals surface area contributed by atoms with Gasteiger partial charge >= 0.3 is 18.0 Å². The van der Waals surface area contributed by atoms with Gasteiger partial charge in [0.05, 0.1) is 20.3 Å². The molecule has 34 heavy (non-hydrogen) atoms. The van der Waals surface area contributed by atoms with Gasteiger partial charge in [0.25, 0.3) is 0 Å². The molecule has 2 unspecified atom stereocenters. The van der Waals surface area contributed by atoms with Crippen molar-refractivity contribution in [3.8, 4) is 0 Å². The summed E-state index contributed by atoms with van der Waals surface area (Å²) in [6.07, 6.45) is 3.06. The number of esters is 2. The molecule has 1 amide bonds. The number of nitrogens with one attached hydrogen (secondary N) is 1. The maximum atomic E-state index is 13.1. The van der Waals surface area contributed by atoms with Gasteiger partial charge in [-0.2, -0.15) is 0 Å². The summed E-state index contributed by atoms with van der Waals surface area (Å²) in [7, 11) is 2.25. The zero-order valence-corrected chi connectivity index (χ0v) is 20.6. The van der Waals surface area contributed by atoms with E-state index in [1.165, 1.54) is 0 Å². The van der Waals surface area contributed by atoms with E-state index >= 15 is 0 Å². The number of Topliss-reactive ketones (excluding diaryl/α,β-unsaturated/α-hetero) is 1. The molecule has 1 aromatic carbocycles. The average Bonchev–Trinajstić information content (AvgIpc) is 2.82. The summed E-state index contributed by atoms with van der Waals surface area (Å²) < 4.78 is 14.7. The van der Waals surface area contributed by atoms with Gasteiger partial charge in [0.1, 0.15) is 6.61 Å². The number of benzene rings is 1. The molecule has 0 saturated carbocycles. The molecule has 0 spiro atoms. The lowest BCUT2D eigenvalue weighted by Crippen LogP contribution is -2.49. The molecule has 0 heterocycles. The van der Waals surface area contributed by atoms with Gasteiger partial charge in [-0.25, -0.2) is 4.79 Å². The number of carbonyl (C=O) groups is 4. The number of hydrogen-bond acceptors (Lipinski definition) is 7. The monoisotopic (exact) mass is 473 g/mol. The fourth-order valence-electron chi connectivity index (χ4n) is 4.05. The van der Waals surface area contributed by atoms with Crippen LogP contribution in [-0.4, -0.2) is 44.1 Å². The van der Waals surface area contributed by atoms with E-state index in [1.807, 2.05) is 24.3 Å². The second-order valence-electron chi connectivity index (χ2n) is 9.53. The van der Waals surface area contributed by atoms with Crippen molar-refractivity contribution in [3.63, 3.8) is 0 Å². The van der Waals surface area contributed by atoms with Gasteiger partial charge in [0.2, 0.25) is 0 Å². The van der Waals surface area contributed by atoms with Gasteiger partial charge < -0.3 is 19.5 Å². The maximum absolute atomic E-state index is 13.1. The van der Waals surface area contributed by atoms with Crippen LogP contribution in [0.2, 0.25) is 0 Å². The van der Waals surface area contributed by atoms with E-state index < -0.39 is 30.0 Å². The Kier molecular flexibility index (Phi) is 9.83. The lowest BCUT2D eigenvalue weighted by molar-refractivity contribution is -0.160. The van der Waals surface area contributed by atoms with E-state index in [-0.39, 0.29) is 24.2 Å². The van der Waals surface area contributed by atoms with Gasteiger partial charge in [0.15, 0.2) is 11.7 Å². The van der Waals surface area contributed by atoms with E-state index in [9.17, 15) is 19.2 Å². The highest BCUT2D eigenvalue weighted by Gasteiger charge is 2.40. The molecule has 2 rings (SSSR count). The molecule has 1 aliphatic rings. The highest BCUT2D eigenvalue weighted by molar-refractivity contribution is 6.00. The predicted molar refractivity (Wildman–Crippen MR) is 126 cm³/mol. The molecular formula is C26H35NO7. The number of hydrogen-bond donors (Lipinski definition) is 1. The molecule has 0 bridgehead atoms. The van der Waals surface area contributed by atoms with Crippen LogP contribution in [0.4, 0.5) is 4.79 Å². The van der Waals surface area contributed by atoms with Crippen LogP contribution in [0.3, 0.4) is 0 Å². The summed E-state index contributed by atoms with van der Waals surface area (Å²) in [6.45, 7) is 6.53. The molecule has 0 fully saturated rings. The van der Waals surface area contributed by atoms with E-state index in [4.69, 9.17) is 14.2 Å². The van der Waals surface area contributed by atoms with Crippen molar-refractivity contribution in [1.82, 2.24) is 5.32 Å². The van der Waals surface area contributed by atoms with E-state index in [2.05, 4.69) is 26.1 Å². The second kappa shape index (κ2) is 12.3. The first-order valence-corrected chi connectivity index (χ1v) is 11.4. The molecule has 0 radical (unpaired) electrons. The Morgan fingerprint density at radius 3 is 2.15 bits per heavy atom. The molecule has 0 saturated heterocycles. The van der Waals surface area contributed by atoms with Gasteiger partial charge in [0, 0.05) is 6.42 Å². The largest absolute Gasteiger partial charge is 0.468 e. The molecule has 0 aliphatic heterocycles. The van der Waals surface area contributed by atoms with Crippen molar-refractivity contribution in [2.24, 2.45) is 17.3 Å². The third kappa shape index (κ3) is 7.71. The number of methoxy groups -OCH3 is 2. The molecule has 8 nitrogen and oxygen atoms in total. The van der Waals surface area contributed by atoms with E-state index in [0.29, 0.717) is 17.9 Å². The van der Waals surface area contributed by atoms with Gasteiger partial charge in [-0.3, -0.25) is 14.4 Å². The fraction of sp³-hybridized carbons (Fsp3) is 0.538. The maximum Gasteiger partial charge on any atom is 0.407 e. The van der Waals surface area contributed by atoms with Gasteiger partial charge in [-0.05, 0) is 41.7 Å².